The molecule has 0 bridgehead atoms. The van der Waals surface area contributed by atoms with Crippen LogP contribution in [0.5, 0.6) is 0 Å². The van der Waals surface area contributed by atoms with Crippen LogP contribution in [0.2, 0.25) is 0 Å². The van der Waals surface area contributed by atoms with Gasteiger partial charge in [0.1, 0.15) is 18.1 Å². The van der Waals surface area contributed by atoms with E-state index in [-0.39, 0.29) is 37.5 Å². The van der Waals surface area contributed by atoms with E-state index < -0.39 is 53.8 Å². The van der Waals surface area contributed by atoms with E-state index in [0.29, 0.717) is 19.4 Å². The number of nitrogens with one attached hydrogen (secondary N) is 3. The number of aliphatic carboxylic acids is 1. The number of amides is 4. The van der Waals surface area contributed by atoms with Crippen molar-refractivity contribution in [3.8, 4) is 0 Å². The number of rotatable bonds is 17. The predicted molar refractivity (Wildman–Crippen MR) is 127 cm³/mol. The van der Waals surface area contributed by atoms with E-state index in [2.05, 4.69) is 16.0 Å². The Balaban J connectivity index is 5.52. The average Bonchev–Trinajstić information content (AvgIpc) is 2.73. The van der Waals surface area contributed by atoms with Crippen LogP contribution in [0.3, 0.4) is 0 Å². The molecule has 4 unspecified atom stereocenters. The minimum atomic E-state index is -1.19. The molecule has 4 atom stereocenters. The minimum absolute atomic E-state index is 0.00964. The van der Waals surface area contributed by atoms with Crippen molar-refractivity contribution in [2.75, 3.05) is 6.54 Å². The highest BCUT2D eigenvalue weighted by atomic mass is 16.4. The van der Waals surface area contributed by atoms with Gasteiger partial charge >= 0.3 is 5.97 Å². The van der Waals surface area contributed by atoms with Crippen molar-refractivity contribution in [1.29, 1.82) is 0 Å². The Morgan fingerprint density at radius 1 is 0.794 bits per heavy atom. The van der Waals surface area contributed by atoms with Gasteiger partial charge < -0.3 is 38.3 Å². The molecule has 0 aromatic heterocycles. The quantitative estimate of drug-likeness (QED) is 0.125. The zero-order chi connectivity index (χ0) is 26.4. The minimum Gasteiger partial charge on any atom is -0.480 e. The zero-order valence-electron chi connectivity index (χ0n) is 20.6. The number of hydrogen-bond acceptors (Lipinski definition) is 7. The predicted octanol–water partition coefficient (Wildman–Crippen LogP) is -1.05. The van der Waals surface area contributed by atoms with Gasteiger partial charge in [-0.25, -0.2) is 4.79 Å². The van der Waals surface area contributed by atoms with Crippen LogP contribution in [-0.2, 0) is 24.0 Å². The molecule has 0 rings (SSSR count). The number of carboxylic acids is 1. The molecular weight excluding hydrogens is 444 g/mol. The molecule has 0 radical (unpaired) electrons. The third kappa shape index (κ3) is 12.5. The van der Waals surface area contributed by atoms with Gasteiger partial charge in [0.15, 0.2) is 0 Å². The Hall–Kier alpha value is -2.73. The molecule has 0 aromatic carbocycles. The molecule has 0 aliphatic rings. The van der Waals surface area contributed by atoms with E-state index >= 15 is 0 Å². The summed E-state index contributed by atoms with van der Waals surface area (Å²) in [5, 5.41) is 17.0. The lowest BCUT2D eigenvalue weighted by atomic mass is 10.0. The number of carbonyl (C=O) groups excluding carboxylic acids is 4. The van der Waals surface area contributed by atoms with Crippen LogP contribution in [0.25, 0.3) is 0 Å². The first kappa shape index (κ1) is 31.3. The number of primary amides is 1. The molecule has 34 heavy (non-hydrogen) atoms. The normalized spacial score (nSPS) is 14.7. The lowest BCUT2D eigenvalue weighted by Gasteiger charge is -2.26. The molecule has 12 nitrogen and oxygen atoms in total. The van der Waals surface area contributed by atoms with E-state index in [9.17, 15) is 29.1 Å². The van der Waals surface area contributed by atoms with Gasteiger partial charge in [0, 0.05) is 6.42 Å². The Labute approximate surface area is 201 Å². The first-order chi connectivity index (χ1) is 15.8. The maximum absolute atomic E-state index is 13.0. The maximum Gasteiger partial charge on any atom is 0.326 e. The van der Waals surface area contributed by atoms with Crippen LogP contribution in [0.15, 0.2) is 0 Å². The number of hydrogen-bond donors (Lipinski definition) is 7. The number of carboxylic acid groups (broad SMARTS) is 1. The molecular formula is C22H42N6O6. The molecule has 10 N–H and O–H groups in total. The molecule has 0 saturated carbocycles. The molecule has 196 valence electrons. The summed E-state index contributed by atoms with van der Waals surface area (Å²) in [4.78, 5) is 61.1. The van der Waals surface area contributed by atoms with Gasteiger partial charge in [0.05, 0.1) is 6.04 Å². The number of unbranched alkanes of at least 4 members (excludes halogenated alkanes) is 1. The van der Waals surface area contributed by atoms with Gasteiger partial charge in [-0.2, -0.15) is 0 Å². The van der Waals surface area contributed by atoms with Crippen molar-refractivity contribution in [3.05, 3.63) is 0 Å². The third-order valence-electron chi connectivity index (χ3n) is 5.23. The van der Waals surface area contributed by atoms with Crippen LogP contribution in [0.4, 0.5) is 0 Å². The van der Waals surface area contributed by atoms with Gasteiger partial charge in [0.2, 0.25) is 23.6 Å². The number of carbonyl (C=O) groups is 5. The van der Waals surface area contributed by atoms with Crippen molar-refractivity contribution in [2.24, 2.45) is 29.0 Å². The summed E-state index contributed by atoms with van der Waals surface area (Å²) in [5.74, 6) is -3.96. The highest BCUT2D eigenvalue weighted by Crippen LogP contribution is 2.09. The Bertz CT molecular complexity index is 699. The summed E-state index contributed by atoms with van der Waals surface area (Å²) in [6.45, 7) is 7.59. The topological polar surface area (TPSA) is 220 Å². The van der Waals surface area contributed by atoms with E-state index in [1.165, 1.54) is 0 Å². The summed E-state index contributed by atoms with van der Waals surface area (Å²) in [7, 11) is 0. The van der Waals surface area contributed by atoms with E-state index in [4.69, 9.17) is 17.2 Å². The van der Waals surface area contributed by atoms with Gasteiger partial charge in [-0.05, 0) is 50.5 Å². The van der Waals surface area contributed by atoms with Gasteiger partial charge in [0.25, 0.3) is 0 Å². The Morgan fingerprint density at radius 2 is 1.32 bits per heavy atom. The van der Waals surface area contributed by atoms with Crippen molar-refractivity contribution in [1.82, 2.24) is 16.0 Å². The number of nitrogens with two attached hydrogens (primary N) is 3. The molecule has 4 amide bonds. The fourth-order valence-electron chi connectivity index (χ4n) is 3.12. The van der Waals surface area contributed by atoms with Gasteiger partial charge in [-0.3, -0.25) is 19.2 Å². The van der Waals surface area contributed by atoms with E-state index in [0.717, 1.165) is 0 Å². The second-order valence-corrected chi connectivity index (χ2v) is 9.21. The first-order valence-corrected chi connectivity index (χ1v) is 11.7. The molecule has 0 heterocycles. The second-order valence-electron chi connectivity index (χ2n) is 9.21. The largest absolute Gasteiger partial charge is 0.480 e. The van der Waals surface area contributed by atoms with E-state index in [1.54, 1.807) is 13.8 Å². The second kappa shape index (κ2) is 16.0. The maximum atomic E-state index is 13.0. The van der Waals surface area contributed by atoms with Gasteiger partial charge in [-0.1, -0.05) is 27.7 Å². The van der Waals surface area contributed by atoms with Crippen LogP contribution in [0.1, 0.15) is 66.2 Å². The highest BCUT2D eigenvalue weighted by molar-refractivity contribution is 5.94. The Morgan fingerprint density at radius 3 is 1.79 bits per heavy atom. The third-order valence-corrected chi connectivity index (χ3v) is 5.23. The first-order valence-electron chi connectivity index (χ1n) is 11.7. The van der Waals surface area contributed by atoms with Crippen molar-refractivity contribution >= 4 is 29.6 Å². The fourth-order valence-corrected chi connectivity index (χ4v) is 3.12. The van der Waals surface area contributed by atoms with Crippen LogP contribution in [0, 0.1) is 11.8 Å². The SMILES string of the molecule is CC(C)CC(NC(=O)C(CCC(N)=O)NC(=O)C(N)C(C)C)C(=O)NC(CCCCN)C(=O)O. The molecule has 0 saturated heterocycles. The Kier molecular flexibility index (Phi) is 14.7. The van der Waals surface area contributed by atoms with Crippen molar-refractivity contribution < 1.29 is 29.1 Å². The zero-order valence-corrected chi connectivity index (χ0v) is 20.6. The molecule has 12 heteroatoms. The summed E-state index contributed by atoms with van der Waals surface area (Å²) in [6.07, 6.45) is 1.32. The monoisotopic (exact) mass is 486 g/mol. The average molecular weight is 487 g/mol. The lowest BCUT2D eigenvalue weighted by Crippen LogP contribution is -2.57. The van der Waals surface area contributed by atoms with E-state index in [1.807, 2.05) is 13.8 Å². The van der Waals surface area contributed by atoms with Crippen molar-refractivity contribution in [3.63, 3.8) is 0 Å². The summed E-state index contributed by atoms with van der Waals surface area (Å²) >= 11 is 0. The summed E-state index contributed by atoms with van der Waals surface area (Å²) in [5.41, 5.74) is 16.5. The van der Waals surface area contributed by atoms with Crippen LogP contribution < -0.4 is 33.2 Å². The molecule has 0 aliphatic carbocycles. The van der Waals surface area contributed by atoms with Crippen LogP contribution >= 0.6 is 0 Å². The molecule has 0 aromatic rings. The van der Waals surface area contributed by atoms with Crippen LogP contribution in [-0.4, -0.2) is 65.4 Å². The highest BCUT2D eigenvalue weighted by Gasteiger charge is 2.31. The fraction of sp³-hybridized carbons (Fsp3) is 0.773. The smallest absolute Gasteiger partial charge is 0.326 e. The lowest BCUT2D eigenvalue weighted by molar-refractivity contribution is -0.142. The molecule has 0 spiro atoms. The standard InChI is InChI=1S/C22H42N6O6/c1-12(2)11-16(20(31)27-15(22(33)34)7-5-6-10-23)28-19(30)14(8-9-17(24)29)26-21(32)18(25)13(3)4/h12-16,18H,5-11,23,25H2,1-4H3,(H2,24,29)(H,26,32)(H,27,31)(H,28,30)(H,33,34). The molecule has 0 aliphatic heterocycles. The van der Waals surface area contributed by atoms with Gasteiger partial charge in [-0.15, -0.1) is 0 Å². The molecule has 0 fully saturated rings. The van der Waals surface area contributed by atoms with Crippen molar-refractivity contribution in [2.45, 2.75) is 90.4 Å². The summed E-state index contributed by atoms with van der Waals surface area (Å²) < 4.78 is 0. The summed E-state index contributed by atoms with van der Waals surface area (Å²) in [6, 6.07) is -4.19.